The second kappa shape index (κ2) is 12.8. The van der Waals surface area contributed by atoms with Gasteiger partial charge in [-0.05, 0) is 55.8 Å². The van der Waals surface area contributed by atoms with Crippen molar-refractivity contribution < 1.29 is 14.4 Å². The van der Waals surface area contributed by atoms with Crippen LogP contribution in [0, 0.1) is 6.92 Å². The highest BCUT2D eigenvalue weighted by atomic mass is 32.2. The third kappa shape index (κ3) is 7.64. The van der Waals surface area contributed by atoms with Crippen molar-refractivity contribution in [2.45, 2.75) is 24.0 Å². The average Bonchev–Trinajstić information content (AvgIpc) is 3.42. The predicted molar refractivity (Wildman–Crippen MR) is 154 cm³/mol. The Balaban J connectivity index is 1.49. The molecule has 7 nitrogen and oxygen atoms in total. The fourth-order valence-electron chi connectivity index (χ4n) is 3.46. The summed E-state index contributed by atoms with van der Waals surface area (Å²) in [7, 11) is 0. The minimum absolute atomic E-state index is 0.110. The number of thiazole rings is 1. The molecule has 0 fully saturated rings. The molecular formula is C29H26N4O3S2. The summed E-state index contributed by atoms with van der Waals surface area (Å²) in [5.74, 6) is -1.01. The van der Waals surface area contributed by atoms with Crippen LogP contribution in [0.3, 0.4) is 0 Å². The number of nitrogens with one attached hydrogen (secondary N) is 3. The molecule has 1 heterocycles. The fourth-order valence-corrected chi connectivity index (χ4v) is 4.92. The van der Waals surface area contributed by atoms with E-state index in [0.29, 0.717) is 16.4 Å². The number of aryl methyl sites for hydroxylation is 1. The molecule has 0 radical (unpaired) electrons. The van der Waals surface area contributed by atoms with Gasteiger partial charge in [-0.2, -0.15) is 0 Å². The first-order valence-electron chi connectivity index (χ1n) is 11.8. The van der Waals surface area contributed by atoms with Crippen LogP contribution < -0.4 is 16.0 Å². The molecular weight excluding hydrogens is 516 g/mol. The molecule has 0 saturated carbocycles. The number of thioether (sulfide) groups is 1. The standard InChI is InChI=1S/C29H26N4O3S2/c1-19-8-6-9-21(16-19)17-25(32-27(35)22-10-4-3-5-11-22)28(36)31-23-12-7-13-24(18-23)38-20(2)26(34)33-29-30-14-15-37-29/h3-18,20H,1-2H3,(H,31,36)(H,32,35)(H,30,33,34)/b25-17+. The molecule has 3 aromatic carbocycles. The topological polar surface area (TPSA) is 100 Å². The van der Waals surface area contributed by atoms with Gasteiger partial charge in [0.25, 0.3) is 11.8 Å². The first kappa shape index (κ1) is 26.8. The normalized spacial score (nSPS) is 11.9. The van der Waals surface area contributed by atoms with Gasteiger partial charge in [-0.15, -0.1) is 23.1 Å². The average molecular weight is 543 g/mol. The second-order valence-corrected chi connectivity index (χ2v) is 10.7. The van der Waals surface area contributed by atoms with Crippen LogP contribution >= 0.6 is 23.1 Å². The zero-order valence-corrected chi connectivity index (χ0v) is 22.4. The van der Waals surface area contributed by atoms with Crippen molar-refractivity contribution in [3.05, 3.63) is 113 Å². The molecule has 1 unspecified atom stereocenters. The van der Waals surface area contributed by atoms with Gasteiger partial charge in [0.2, 0.25) is 5.91 Å². The molecule has 4 rings (SSSR count). The van der Waals surface area contributed by atoms with E-state index in [0.717, 1.165) is 16.0 Å². The Bertz CT molecular complexity index is 1450. The van der Waals surface area contributed by atoms with Crippen molar-refractivity contribution in [2.24, 2.45) is 0 Å². The third-order valence-corrected chi connectivity index (χ3v) is 7.10. The number of amides is 3. The monoisotopic (exact) mass is 542 g/mol. The zero-order chi connectivity index (χ0) is 26.9. The summed E-state index contributed by atoms with van der Waals surface area (Å²) in [6.07, 6.45) is 3.28. The van der Waals surface area contributed by atoms with Gasteiger partial charge in [-0.25, -0.2) is 4.98 Å². The fraction of sp³-hybridized carbons (Fsp3) is 0.103. The number of carbonyl (C=O) groups is 3. The number of aromatic nitrogens is 1. The summed E-state index contributed by atoms with van der Waals surface area (Å²) in [5.41, 5.74) is 2.91. The lowest BCUT2D eigenvalue weighted by Gasteiger charge is -2.14. The zero-order valence-electron chi connectivity index (χ0n) is 20.8. The molecule has 1 atom stereocenters. The van der Waals surface area contributed by atoms with Crippen LogP contribution in [0.1, 0.15) is 28.4 Å². The minimum atomic E-state index is -0.465. The lowest BCUT2D eigenvalue weighted by atomic mass is 10.1. The quantitative estimate of drug-likeness (QED) is 0.178. The third-order valence-electron chi connectivity index (χ3n) is 5.32. The van der Waals surface area contributed by atoms with Crippen LogP contribution in [0.25, 0.3) is 6.08 Å². The predicted octanol–water partition coefficient (Wildman–Crippen LogP) is 5.98. The molecule has 1 aromatic heterocycles. The van der Waals surface area contributed by atoms with Gasteiger partial charge in [0, 0.05) is 27.7 Å². The Kier molecular flexibility index (Phi) is 9.07. The largest absolute Gasteiger partial charge is 0.321 e. The van der Waals surface area contributed by atoms with Crippen LogP contribution in [0.15, 0.2) is 101 Å². The number of carbonyl (C=O) groups excluding carboxylic acids is 3. The molecule has 0 aliphatic carbocycles. The molecule has 9 heteroatoms. The number of hydrogen-bond acceptors (Lipinski definition) is 6. The minimum Gasteiger partial charge on any atom is -0.321 e. The lowest BCUT2D eigenvalue weighted by Crippen LogP contribution is -2.30. The Morgan fingerprint density at radius 1 is 0.947 bits per heavy atom. The number of nitrogens with zero attached hydrogens (tertiary/aromatic N) is 1. The van der Waals surface area contributed by atoms with E-state index in [9.17, 15) is 14.4 Å². The van der Waals surface area contributed by atoms with Crippen molar-refractivity contribution in [3.63, 3.8) is 0 Å². The first-order chi connectivity index (χ1) is 18.4. The van der Waals surface area contributed by atoms with E-state index < -0.39 is 5.91 Å². The molecule has 0 saturated heterocycles. The number of rotatable bonds is 9. The number of anilines is 2. The van der Waals surface area contributed by atoms with Gasteiger partial charge in [-0.3, -0.25) is 14.4 Å². The van der Waals surface area contributed by atoms with E-state index in [1.807, 2.05) is 43.3 Å². The smallest absolute Gasteiger partial charge is 0.272 e. The Morgan fingerprint density at radius 3 is 2.47 bits per heavy atom. The molecule has 0 spiro atoms. The highest BCUT2D eigenvalue weighted by molar-refractivity contribution is 8.00. The number of benzene rings is 3. The molecule has 4 aromatic rings. The van der Waals surface area contributed by atoms with Crippen molar-refractivity contribution in [2.75, 3.05) is 10.6 Å². The van der Waals surface area contributed by atoms with E-state index in [1.165, 1.54) is 23.1 Å². The van der Waals surface area contributed by atoms with Crippen LogP contribution in [-0.2, 0) is 9.59 Å². The van der Waals surface area contributed by atoms with Gasteiger partial charge in [-0.1, -0.05) is 54.1 Å². The van der Waals surface area contributed by atoms with Crippen molar-refractivity contribution in [1.82, 2.24) is 10.3 Å². The first-order valence-corrected chi connectivity index (χ1v) is 13.6. The van der Waals surface area contributed by atoms with E-state index in [1.54, 1.807) is 67.0 Å². The van der Waals surface area contributed by atoms with Gasteiger partial charge >= 0.3 is 0 Å². The highest BCUT2D eigenvalue weighted by Gasteiger charge is 2.18. The van der Waals surface area contributed by atoms with Crippen LogP contribution in [-0.4, -0.2) is 28.0 Å². The summed E-state index contributed by atoms with van der Waals surface area (Å²) in [5, 5.41) is 10.4. The molecule has 0 aliphatic heterocycles. The number of hydrogen-bond donors (Lipinski definition) is 3. The van der Waals surface area contributed by atoms with Gasteiger partial charge < -0.3 is 16.0 Å². The summed E-state index contributed by atoms with van der Waals surface area (Å²) in [6.45, 7) is 3.77. The maximum absolute atomic E-state index is 13.3. The van der Waals surface area contributed by atoms with Crippen molar-refractivity contribution in [3.8, 4) is 0 Å². The second-order valence-electron chi connectivity index (χ2n) is 8.36. The summed E-state index contributed by atoms with van der Waals surface area (Å²) < 4.78 is 0. The molecule has 0 aliphatic rings. The SMILES string of the molecule is Cc1cccc(/C=C(/NC(=O)c2ccccc2)C(=O)Nc2cccc(SC(C)C(=O)Nc3nccs3)c2)c1. The lowest BCUT2D eigenvalue weighted by molar-refractivity contribution is -0.115. The summed E-state index contributed by atoms with van der Waals surface area (Å²) >= 11 is 2.72. The molecule has 3 N–H and O–H groups in total. The van der Waals surface area contributed by atoms with Gasteiger partial charge in [0.15, 0.2) is 5.13 Å². The Hall–Kier alpha value is -4.21. The van der Waals surface area contributed by atoms with E-state index in [-0.39, 0.29) is 22.8 Å². The summed E-state index contributed by atoms with van der Waals surface area (Å²) in [4.78, 5) is 43.5. The summed E-state index contributed by atoms with van der Waals surface area (Å²) in [6, 6.07) is 23.6. The van der Waals surface area contributed by atoms with E-state index >= 15 is 0 Å². The highest BCUT2D eigenvalue weighted by Crippen LogP contribution is 2.27. The van der Waals surface area contributed by atoms with Crippen molar-refractivity contribution in [1.29, 1.82) is 0 Å². The molecule has 38 heavy (non-hydrogen) atoms. The van der Waals surface area contributed by atoms with Crippen molar-refractivity contribution >= 4 is 57.7 Å². The van der Waals surface area contributed by atoms with Crippen LogP contribution in [0.5, 0.6) is 0 Å². The van der Waals surface area contributed by atoms with Gasteiger partial charge in [0.05, 0.1) is 5.25 Å². The Labute approximate surface area is 229 Å². The molecule has 3 amide bonds. The molecule has 0 bridgehead atoms. The van der Waals surface area contributed by atoms with E-state index in [4.69, 9.17) is 0 Å². The Morgan fingerprint density at radius 2 is 1.74 bits per heavy atom. The van der Waals surface area contributed by atoms with Gasteiger partial charge in [0.1, 0.15) is 5.70 Å². The van der Waals surface area contributed by atoms with E-state index in [2.05, 4.69) is 20.9 Å². The van der Waals surface area contributed by atoms with Crippen LogP contribution in [0.4, 0.5) is 10.8 Å². The molecule has 192 valence electrons. The maximum Gasteiger partial charge on any atom is 0.272 e. The van der Waals surface area contributed by atoms with Crippen LogP contribution in [0.2, 0.25) is 0 Å². The maximum atomic E-state index is 13.3.